The largest absolute Gasteiger partial charge is 0.444 e. The lowest BCUT2D eigenvalue weighted by Gasteiger charge is -2.35. The van der Waals surface area contributed by atoms with Crippen LogP contribution in [0.25, 0.3) is 0 Å². The third kappa shape index (κ3) is 7.27. The molecule has 134 valence electrons. The Morgan fingerprint density at radius 3 is 2.42 bits per heavy atom. The summed E-state index contributed by atoms with van der Waals surface area (Å²) in [5.74, 6) is 0.534. The SMILES string of the molecule is CC(=NCCO[Si](C)(C)C(C)(C)C)NC(=O)OCc1ccccc1. The average Bonchev–Trinajstić information content (AvgIpc) is 2.49. The van der Waals surface area contributed by atoms with Crippen LogP contribution < -0.4 is 5.32 Å². The number of aliphatic imine (C=N–C) groups is 1. The highest BCUT2D eigenvalue weighted by Crippen LogP contribution is 2.36. The summed E-state index contributed by atoms with van der Waals surface area (Å²) < 4.78 is 11.2. The van der Waals surface area contributed by atoms with Gasteiger partial charge >= 0.3 is 6.09 Å². The number of carbonyl (C=O) groups is 1. The number of amides is 1. The first kappa shape index (κ1) is 20.4. The van der Waals surface area contributed by atoms with Crippen molar-refractivity contribution in [2.45, 2.75) is 52.4 Å². The van der Waals surface area contributed by atoms with Gasteiger partial charge in [-0.1, -0.05) is 51.1 Å². The smallest absolute Gasteiger partial charge is 0.412 e. The topological polar surface area (TPSA) is 59.9 Å². The molecule has 1 aromatic rings. The fraction of sp³-hybridized carbons (Fsp3) is 0.556. The predicted octanol–water partition coefficient (Wildman–Crippen LogP) is 4.35. The van der Waals surface area contributed by atoms with Crippen molar-refractivity contribution in [3.8, 4) is 0 Å². The van der Waals surface area contributed by atoms with E-state index in [-0.39, 0.29) is 11.6 Å². The molecule has 0 atom stereocenters. The van der Waals surface area contributed by atoms with Crippen LogP contribution >= 0.6 is 0 Å². The molecule has 0 saturated carbocycles. The van der Waals surface area contributed by atoms with Gasteiger partial charge in [0, 0.05) is 0 Å². The van der Waals surface area contributed by atoms with Gasteiger partial charge in [0.1, 0.15) is 12.4 Å². The number of carbonyl (C=O) groups excluding carboxylic acids is 1. The van der Waals surface area contributed by atoms with E-state index in [9.17, 15) is 4.79 Å². The van der Waals surface area contributed by atoms with Crippen molar-refractivity contribution in [3.63, 3.8) is 0 Å². The number of nitrogens with zero attached hydrogens (tertiary/aromatic N) is 1. The molecule has 24 heavy (non-hydrogen) atoms. The molecule has 1 rings (SSSR count). The summed E-state index contributed by atoms with van der Waals surface area (Å²) in [5, 5.41) is 2.81. The second-order valence-electron chi connectivity index (χ2n) is 7.26. The highest BCUT2D eigenvalue weighted by Gasteiger charge is 2.36. The fourth-order valence-corrected chi connectivity index (χ4v) is 2.71. The van der Waals surface area contributed by atoms with Crippen LogP contribution in [0.1, 0.15) is 33.3 Å². The van der Waals surface area contributed by atoms with Gasteiger partial charge in [0.05, 0.1) is 13.2 Å². The third-order valence-electron chi connectivity index (χ3n) is 4.21. The molecule has 0 aromatic heterocycles. The Kier molecular flexibility index (Phi) is 7.63. The van der Waals surface area contributed by atoms with E-state index < -0.39 is 14.4 Å². The zero-order valence-electron chi connectivity index (χ0n) is 15.7. The minimum atomic E-state index is -1.74. The Hall–Kier alpha value is -1.66. The molecule has 1 aromatic carbocycles. The Labute approximate surface area is 146 Å². The van der Waals surface area contributed by atoms with Gasteiger partial charge in [-0.05, 0) is 30.6 Å². The van der Waals surface area contributed by atoms with Gasteiger partial charge in [0.15, 0.2) is 8.32 Å². The summed E-state index contributed by atoms with van der Waals surface area (Å²) >= 11 is 0. The van der Waals surface area contributed by atoms with E-state index in [1.165, 1.54) is 0 Å². The molecule has 0 unspecified atom stereocenters. The molecule has 6 heteroatoms. The van der Waals surface area contributed by atoms with Crippen molar-refractivity contribution in [1.29, 1.82) is 0 Å². The molecular weight excluding hydrogens is 320 g/mol. The summed E-state index contributed by atoms with van der Waals surface area (Å²) in [5.41, 5.74) is 0.949. The number of benzene rings is 1. The number of nitrogens with one attached hydrogen (secondary N) is 1. The van der Waals surface area contributed by atoms with E-state index in [1.54, 1.807) is 6.92 Å². The fourth-order valence-electron chi connectivity index (χ4n) is 1.68. The van der Waals surface area contributed by atoms with Crippen LogP contribution in [0.15, 0.2) is 35.3 Å². The molecule has 0 fully saturated rings. The Morgan fingerprint density at radius 1 is 1.21 bits per heavy atom. The van der Waals surface area contributed by atoms with Crippen molar-refractivity contribution < 1.29 is 14.0 Å². The number of alkyl carbamates (subject to hydrolysis) is 1. The minimum absolute atomic E-state index is 0.186. The lowest BCUT2D eigenvalue weighted by molar-refractivity contribution is 0.145. The maximum atomic E-state index is 11.7. The molecule has 0 saturated heterocycles. The average molecular weight is 351 g/mol. The molecule has 1 amide bonds. The summed E-state index contributed by atoms with van der Waals surface area (Å²) in [7, 11) is -1.74. The maximum Gasteiger partial charge on any atom is 0.412 e. The van der Waals surface area contributed by atoms with Gasteiger partial charge in [-0.15, -0.1) is 0 Å². The van der Waals surface area contributed by atoms with Crippen molar-refractivity contribution in [2.75, 3.05) is 13.2 Å². The van der Waals surface area contributed by atoms with Crippen LogP contribution in [-0.2, 0) is 15.8 Å². The van der Waals surface area contributed by atoms with Crippen molar-refractivity contribution in [1.82, 2.24) is 5.32 Å². The van der Waals surface area contributed by atoms with Crippen LogP contribution in [0.2, 0.25) is 18.1 Å². The number of hydrogen-bond donors (Lipinski definition) is 1. The van der Waals surface area contributed by atoms with Crippen molar-refractivity contribution in [2.24, 2.45) is 4.99 Å². The van der Waals surface area contributed by atoms with Gasteiger partial charge in [0.25, 0.3) is 0 Å². The second-order valence-corrected chi connectivity index (χ2v) is 12.1. The van der Waals surface area contributed by atoms with E-state index in [1.807, 2.05) is 30.3 Å². The van der Waals surface area contributed by atoms with Crippen molar-refractivity contribution >= 4 is 20.2 Å². The molecular formula is C18H30N2O3Si. The Bertz CT molecular complexity index is 551. The normalized spacial score (nSPS) is 12.8. The van der Waals surface area contributed by atoms with Gasteiger partial charge < -0.3 is 9.16 Å². The Balaban J connectivity index is 2.30. The van der Waals surface area contributed by atoms with Gasteiger partial charge in [-0.3, -0.25) is 10.3 Å². The first-order valence-electron chi connectivity index (χ1n) is 8.24. The maximum absolute atomic E-state index is 11.7. The van der Waals surface area contributed by atoms with Gasteiger partial charge in [0.2, 0.25) is 0 Å². The number of amidine groups is 1. The molecule has 0 radical (unpaired) electrons. The van der Waals surface area contributed by atoms with E-state index >= 15 is 0 Å². The van der Waals surface area contributed by atoms with E-state index in [0.717, 1.165) is 5.56 Å². The van der Waals surface area contributed by atoms with E-state index in [4.69, 9.17) is 9.16 Å². The highest BCUT2D eigenvalue weighted by atomic mass is 28.4. The number of hydrogen-bond acceptors (Lipinski definition) is 4. The molecule has 0 spiro atoms. The Morgan fingerprint density at radius 2 is 1.83 bits per heavy atom. The molecule has 0 bridgehead atoms. The molecule has 5 nitrogen and oxygen atoms in total. The number of ether oxygens (including phenoxy) is 1. The second kappa shape index (κ2) is 8.99. The van der Waals surface area contributed by atoms with Crippen molar-refractivity contribution in [3.05, 3.63) is 35.9 Å². The molecule has 0 aliphatic rings. The van der Waals surface area contributed by atoms with Crippen LogP contribution in [-0.4, -0.2) is 33.4 Å². The molecule has 0 heterocycles. The zero-order valence-corrected chi connectivity index (χ0v) is 16.7. The van der Waals surface area contributed by atoms with Gasteiger partial charge in [-0.25, -0.2) is 4.79 Å². The lowest BCUT2D eigenvalue weighted by Crippen LogP contribution is -2.41. The minimum Gasteiger partial charge on any atom is -0.444 e. The van der Waals surface area contributed by atoms with Crippen LogP contribution in [0.5, 0.6) is 0 Å². The zero-order chi connectivity index (χ0) is 18.2. The predicted molar refractivity (Wildman–Crippen MR) is 101 cm³/mol. The highest BCUT2D eigenvalue weighted by molar-refractivity contribution is 6.74. The molecule has 0 aliphatic heterocycles. The third-order valence-corrected chi connectivity index (χ3v) is 8.74. The monoisotopic (exact) mass is 350 g/mol. The first-order valence-corrected chi connectivity index (χ1v) is 11.2. The quantitative estimate of drug-likeness (QED) is 0.359. The molecule has 1 N–H and O–H groups in total. The molecule has 0 aliphatic carbocycles. The van der Waals surface area contributed by atoms with Crippen LogP contribution in [0, 0.1) is 0 Å². The van der Waals surface area contributed by atoms with E-state index in [2.05, 4.69) is 44.2 Å². The summed E-state index contributed by atoms with van der Waals surface area (Å²) in [6, 6.07) is 9.56. The van der Waals surface area contributed by atoms with E-state index in [0.29, 0.717) is 19.0 Å². The van der Waals surface area contributed by atoms with Crippen LogP contribution in [0.3, 0.4) is 0 Å². The standard InChI is InChI=1S/C18H30N2O3Si/c1-15(19-12-13-23-24(5,6)18(2,3)4)20-17(21)22-14-16-10-8-7-9-11-16/h7-11H,12-14H2,1-6H3,(H,19,20,21). The van der Waals surface area contributed by atoms with Crippen LogP contribution in [0.4, 0.5) is 4.79 Å². The summed E-state index contributed by atoms with van der Waals surface area (Å²) in [6.45, 7) is 14.1. The first-order chi connectivity index (χ1) is 11.1. The van der Waals surface area contributed by atoms with Gasteiger partial charge in [-0.2, -0.15) is 0 Å². The number of rotatable bonds is 6. The summed E-state index contributed by atoms with van der Waals surface area (Å²) in [6.07, 6.45) is -0.495. The lowest BCUT2D eigenvalue weighted by atomic mass is 10.2. The summed E-state index contributed by atoms with van der Waals surface area (Å²) in [4.78, 5) is 16.0.